The van der Waals surface area contributed by atoms with Gasteiger partial charge in [-0.25, -0.2) is 9.97 Å². The van der Waals surface area contributed by atoms with E-state index in [4.69, 9.17) is 0 Å². The molecule has 0 N–H and O–H groups in total. The first-order chi connectivity index (χ1) is 10.3. The van der Waals surface area contributed by atoms with Gasteiger partial charge in [0.05, 0.1) is 5.75 Å². The van der Waals surface area contributed by atoms with Gasteiger partial charge in [-0.2, -0.15) is 0 Å². The Kier molecular flexibility index (Phi) is 3.59. The Balaban J connectivity index is 1.57. The fourth-order valence-corrected chi connectivity index (χ4v) is 5.42. The van der Waals surface area contributed by atoms with Crippen LogP contribution in [0.2, 0.25) is 0 Å². The number of aryl methyl sites for hydroxylation is 2. The Morgan fingerprint density at radius 2 is 2.10 bits per heavy atom. The van der Waals surface area contributed by atoms with Gasteiger partial charge >= 0.3 is 0 Å². The van der Waals surface area contributed by atoms with Gasteiger partial charge in [0, 0.05) is 23.4 Å². The predicted molar refractivity (Wildman–Crippen MR) is 86.0 cm³/mol. The molecule has 6 heteroatoms. The third-order valence-corrected chi connectivity index (χ3v) is 6.43. The molecule has 1 amide bonds. The van der Waals surface area contributed by atoms with Gasteiger partial charge in [-0.3, -0.25) is 4.79 Å². The number of hydrogen-bond acceptors (Lipinski definition) is 5. The molecule has 1 aliphatic heterocycles. The van der Waals surface area contributed by atoms with Crippen LogP contribution < -0.4 is 0 Å². The minimum absolute atomic E-state index is 0.246. The number of amides is 1. The zero-order chi connectivity index (χ0) is 14.2. The van der Waals surface area contributed by atoms with Gasteiger partial charge in [-0.15, -0.1) is 11.3 Å². The summed E-state index contributed by atoms with van der Waals surface area (Å²) in [4.78, 5) is 25.6. The maximum absolute atomic E-state index is 12.2. The molecule has 2 aliphatic rings. The molecule has 0 aromatic carbocycles. The van der Waals surface area contributed by atoms with Crippen molar-refractivity contribution in [2.24, 2.45) is 0 Å². The standard InChI is InChI=1S/C15H17N3OS2/c19-12(18-6-1-2-7-18)8-20-14-13-10-4-3-5-11(10)21-15(13)17-9-16-14/h9H,1-8H2. The van der Waals surface area contributed by atoms with Crippen molar-refractivity contribution < 1.29 is 4.79 Å². The van der Waals surface area contributed by atoms with Crippen LogP contribution in [0.3, 0.4) is 0 Å². The summed E-state index contributed by atoms with van der Waals surface area (Å²) in [7, 11) is 0. The molecule has 0 bridgehead atoms. The molecular weight excluding hydrogens is 302 g/mol. The third kappa shape index (κ3) is 2.44. The molecule has 2 aromatic rings. The van der Waals surface area contributed by atoms with Crippen molar-refractivity contribution in [2.75, 3.05) is 18.8 Å². The molecule has 21 heavy (non-hydrogen) atoms. The first-order valence-corrected chi connectivity index (χ1v) is 9.29. The summed E-state index contributed by atoms with van der Waals surface area (Å²) in [6, 6.07) is 0. The average molecular weight is 319 g/mol. The Labute approximate surface area is 132 Å². The monoisotopic (exact) mass is 319 g/mol. The second-order valence-electron chi connectivity index (χ2n) is 5.59. The highest BCUT2D eigenvalue weighted by atomic mass is 32.2. The summed E-state index contributed by atoms with van der Waals surface area (Å²) in [5.41, 5.74) is 1.44. The maximum Gasteiger partial charge on any atom is 0.232 e. The Morgan fingerprint density at radius 3 is 2.95 bits per heavy atom. The van der Waals surface area contributed by atoms with E-state index in [-0.39, 0.29) is 5.91 Å². The van der Waals surface area contributed by atoms with Crippen molar-refractivity contribution in [2.45, 2.75) is 37.1 Å². The molecule has 2 aromatic heterocycles. The second-order valence-corrected chi connectivity index (χ2v) is 7.64. The normalized spacial score (nSPS) is 17.6. The number of aromatic nitrogens is 2. The third-order valence-electron chi connectivity index (χ3n) is 4.26. The number of thiophene rings is 1. The highest BCUT2D eigenvalue weighted by molar-refractivity contribution is 8.00. The number of likely N-dealkylation sites (tertiary alicyclic amines) is 1. The van der Waals surface area contributed by atoms with E-state index in [2.05, 4.69) is 9.97 Å². The summed E-state index contributed by atoms with van der Waals surface area (Å²) in [5.74, 6) is 0.743. The van der Waals surface area contributed by atoms with Crippen LogP contribution in [0.5, 0.6) is 0 Å². The first-order valence-electron chi connectivity index (χ1n) is 7.49. The molecule has 4 nitrogen and oxygen atoms in total. The van der Waals surface area contributed by atoms with Crippen molar-refractivity contribution in [3.8, 4) is 0 Å². The molecule has 3 heterocycles. The van der Waals surface area contributed by atoms with Crippen molar-refractivity contribution in [3.63, 3.8) is 0 Å². The molecule has 0 spiro atoms. The number of carbonyl (C=O) groups excluding carboxylic acids is 1. The molecular formula is C15H17N3OS2. The van der Waals surface area contributed by atoms with Crippen LogP contribution in [0, 0.1) is 0 Å². The van der Waals surface area contributed by atoms with E-state index in [1.165, 1.54) is 28.7 Å². The topological polar surface area (TPSA) is 46.1 Å². The fourth-order valence-electron chi connectivity index (χ4n) is 3.20. The number of carbonyl (C=O) groups is 1. The minimum Gasteiger partial charge on any atom is -0.342 e. The molecule has 110 valence electrons. The van der Waals surface area contributed by atoms with Crippen LogP contribution in [0.1, 0.15) is 29.7 Å². The number of rotatable bonds is 3. The minimum atomic E-state index is 0.246. The molecule has 1 aliphatic carbocycles. The Bertz CT molecular complexity index is 692. The smallest absolute Gasteiger partial charge is 0.232 e. The van der Waals surface area contributed by atoms with Crippen LogP contribution in [0.15, 0.2) is 11.4 Å². The van der Waals surface area contributed by atoms with Crippen molar-refractivity contribution in [3.05, 3.63) is 16.8 Å². The highest BCUT2D eigenvalue weighted by Crippen LogP contribution is 2.40. The summed E-state index contributed by atoms with van der Waals surface area (Å²) >= 11 is 3.38. The average Bonchev–Trinajstić information content (AvgIpc) is 3.19. The van der Waals surface area contributed by atoms with E-state index < -0.39 is 0 Å². The summed E-state index contributed by atoms with van der Waals surface area (Å²) in [5, 5.41) is 2.21. The van der Waals surface area contributed by atoms with Crippen LogP contribution in [0.25, 0.3) is 10.2 Å². The number of nitrogens with zero attached hydrogens (tertiary/aromatic N) is 3. The largest absolute Gasteiger partial charge is 0.342 e. The van der Waals surface area contributed by atoms with Gasteiger partial charge in [-0.05, 0) is 37.7 Å². The van der Waals surface area contributed by atoms with Crippen molar-refractivity contribution in [1.82, 2.24) is 14.9 Å². The van der Waals surface area contributed by atoms with Crippen LogP contribution in [-0.4, -0.2) is 39.6 Å². The SMILES string of the molecule is O=C(CSc1ncnc2sc3c(c12)CCC3)N1CCCC1. The van der Waals surface area contributed by atoms with E-state index in [1.54, 1.807) is 29.4 Å². The van der Waals surface area contributed by atoms with Gasteiger partial charge in [-0.1, -0.05) is 11.8 Å². The van der Waals surface area contributed by atoms with Gasteiger partial charge in [0.1, 0.15) is 16.2 Å². The van der Waals surface area contributed by atoms with Crippen LogP contribution in [0.4, 0.5) is 0 Å². The van der Waals surface area contributed by atoms with Gasteiger partial charge in [0.25, 0.3) is 0 Å². The molecule has 1 fully saturated rings. The lowest BCUT2D eigenvalue weighted by molar-refractivity contribution is -0.127. The number of fused-ring (bicyclic) bond motifs is 3. The summed E-state index contributed by atoms with van der Waals surface area (Å²) < 4.78 is 0. The Hall–Kier alpha value is -1.14. The zero-order valence-electron chi connectivity index (χ0n) is 11.8. The molecule has 0 atom stereocenters. The van der Waals surface area contributed by atoms with Crippen LogP contribution in [-0.2, 0) is 17.6 Å². The molecule has 0 unspecified atom stereocenters. The lowest BCUT2D eigenvalue weighted by atomic mass is 10.2. The first kappa shape index (κ1) is 13.5. The van der Waals surface area contributed by atoms with E-state index in [9.17, 15) is 4.79 Å². The van der Waals surface area contributed by atoms with Crippen molar-refractivity contribution >= 4 is 39.2 Å². The molecule has 0 radical (unpaired) electrons. The Morgan fingerprint density at radius 1 is 1.24 bits per heavy atom. The quantitative estimate of drug-likeness (QED) is 0.645. The molecule has 1 saturated heterocycles. The second kappa shape index (κ2) is 5.57. The van der Waals surface area contributed by atoms with Gasteiger partial charge < -0.3 is 4.90 Å². The van der Waals surface area contributed by atoms with Gasteiger partial charge in [0.2, 0.25) is 5.91 Å². The van der Waals surface area contributed by atoms with Crippen molar-refractivity contribution in [1.29, 1.82) is 0 Å². The lowest BCUT2D eigenvalue weighted by Gasteiger charge is -2.14. The van der Waals surface area contributed by atoms with E-state index >= 15 is 0 Å². The molecule has 0 saturated carbocycles. The summed E-state index contributed by atoms with van der Waals surface area (Å²) in [6.07, 6.45) is 7.47. The van der Waals surface area contributed by atoms with E-state index in [0.717, 1.165) is 42.2 Å². The highest BCUT2D eigenvalue weighted by Gasteiger charge is 2.23. The summed E-state index contributed by atoms with van der Waals surface area (Å²) in [6.45, 7) is 1.85. The van der Waals surface area contributed by atoms with Crippen LogP contribution >= 0.6 is 23.1 Å². The van der Waals surface area contributed by atoms with E-state index in [0.29, 0.717) is 5.75 Å². The fraction of sp³-hybridized carbons (Fsp3) is 0.533. The maximum atomic E-state index is 12.2. The number of hydrogen-bond donors (Lipinski definition) is 0. The zero-order valence-corrected chi connectivity index (χ0v) is 13.4. The number of thioether (sulfide) groups is 1. The predicted octanol–water partition coefficient (Wildman–Crippen LogP) is 2.89. The van der Waals surface area contributed by atoms with Gasteiger partial charge in [0.15, 0.2) is 0 Å². The van der Waals surface area contributed by atoms with E-state index in [1.807, 2.05) is 4.90 Å². The molecule has 4 rings (SSSR count). The lowest BCUT2D eigenvalue weighted by Crippen LogP contribution is -2.29.